The van der Waals surface area contributed by atoms with E-state index in [1.807, 2.05) is 91.9 Å². The number of hydrogen-bond donors (Lipinski definition) is 1. The fourth-order valence-electron chi connectivity index (χ4n) is 3.46. The molecular weight excluding hydrogens is 370 g/mol. The van der Waals surface area contributed by atoms with Crippen molar-refractivity contribution in [1.82, 2.24) is 15.1 Å². The van der Waals surface area contributed by atoms with Crippen LogP contribution in [0.15, 0.2) is 97.1 Å². The van der Waals surface area contributed by atoms with Crippen LogP contribution in [0.5, 0.6) is 0 Å². The van der Waals surface area contributed by atoms with Gasteiger partial charge in [0.1, 0.15) is 5.69 Å². The summed E-state index contributed by atoms with van der Waals surface area (Å²) >= 11 is 0. The van der Waals surface area contributed by atoms with Gasteiger partial charge in [0.25, 0.3) is 5.91 Å². The fraction of sp³-hybridized carbons (Fsp3) is 0.154. The van der Waals surface area contributed by atoms with Gasteiger partial charge in [-0.3, -0.25) is 4.79 Å². The van der Waals surface area contributed by atoms with Gasteiger partial charge in [-0.05, 0) is 43.5 Å². The zero-order valence-electron chi connectivity index (χ0n) is 17.0. The van der Waals surface area contributed by atoms with Crippen molar-refractivity contribution in [3.05, 3.63) is 108 Å². The lowest BCUT2D eigenvalue weighted by molar-refractivity contribution is 0.0930. The Hall–Kier alpha value is -3.66. The first-order valence-electron chi connectivity index (χ1n) is 10.3. The molecule has 3 aromatic carbocycles. The molecular formula is C26H25N3O. The van der Waals surface area contributed by atoms with E-state index < -0.39 is 0 Å². The molecule has 4 rings (SSSR count). The third kappa shape index (κ3) is 4.66. The van der Waals surface area contributed by atoms with Crippen molar-refractivity contribution in [2.75, 3.05) is 0 Å². The standard InChI is InChI=1S/C26H25N3O/c1-20(17-18-21-11-5-2-6-12-21)27-26(30)25-19-24(22-13-7-3-8-14-22)28-29(25)23-15-9-4-10-16-23/h2-16,19-20H,17-18H2,1H3,(H,27,30)/t20-/m1/s1. The van der Waals surface area contributed by atoms with Gasteiger partial charge < -0.3 is 5.32 Å². The average molecular weight is 396 g/mol. The van der Waals surface area contributed by atoms with Gasteiger partial charge in [-0.15, -0.1) is 0 Å². The summed E-state index contributed by atoms with van der Waals surface area (Å²) < 4.78 is 1.72. The monoisotopic (exact) mass is 395 g/mol. The summed E-state index contributed by atoms with van der Waals surface area (Å²) in [6, 6.07) is 31.9. The van der Waals surface area contributed by atoms with Crippen molar-refractivity contribution in [3.8, 4) is 16.9 Å². The minimum Gasteiger partial charge on any atom is -0.348 e. The first-order chi connectivity index (χ1) is 14.7. The molecule has 30 heavy (non-hydrogen) atoms. The molecule has 0 aliphatic heterocycles. The number of para-hydroxylation sites is 1. The molecule has 0 aliphatic rings. The Bertz CT molecular complexity index is 1090. The molecule has 4 aromatic rings. The number of aromatic nitrogens is 2. The Morgan fingerprint density at radius 2 is 1.50 bits per heavy atom. The van der Waals surface area contributed by atoms with Gasteiger partial charge in [-0.25, -0.2) is 4.68 Å². The molecule has 4 nitrogen and oxygen atoms in total. The van der Waals surface area contributed by atoms with Crippen LogP contribution in [0.25, 0.3) is 16.9 Å². The molecule has 0 aliphatic carbocycles. The van der Waals surface area contributed by atoms with E-state index in [0.29, 0.717) is 5.69 Å². The van der Waals surface area contributed by atoms with Crippen molar-refractivity contribution in [2.24, 2.45) is 0 Å². The molecule has 0 fully saturated rings. The number of amides is 1. The number of hydrogen-bond acceptors (Lipinski definition) is 2. The molecule has 150 valence electrons. The Balaban J connectivity index is 1.55. The van der Waals surface area contributed by atoms with Gasteiger partial charge in [0.15, 0.2) is 0 Å². The molecule has 0 spiro atoms. The van der Waals surface area contributed by atoms with E-state index in [4.69, 9.17) is 5.10 Å². The van der Waals surface area contributed by atoms with Crippen molar-refractivity contribution in [2.45, 2.75) is 25.8 Å². The highest BCUT2D eigenvalue weighted by Crippen LogP contribution is 2.22. The summed E-state index contributed by atoms with van der Waals surface area (Å²) in [6.07, 6.45) is 1.80. The number of carbonyl (C=O) groups excluding carboxylic acids is 1. The van der Waals surface area contributed by atoms with Crippen LogP contribution in [0.1, 0.15) is 29.4 Å². The van der Waals surface area contributed by atoms with Crippen molar-refractivity contribution >= 4 is 5.91 Å². The van der Waals surface area contributed by atoms with Crippen LogP contribution < -0.4 is 5.32 Å². The summed E-state index contributed by atoms with van der Waals surface area (Å²) in [6.45, 7) is 2.04. The highest BCUT2D eigenvalue weighted by Gasteiger charge is 2.19. The number of nitrogens with zero attached hydrogens (tertiary/aromatic N) is 2. The topological polar surface area (TPSA) is 46.9 Å². The molecule has 1 aromatic heterocycles. The quantitative estimate of drug-likeness (QED) is 0.462. The second-order valence-corrected chi connectivity index (χ2v) is 7.43. The maximum Gasteiger partial charge on any atom is 0.270 e. The largest absolute Gasteiger partial charge is 0.348 e. The molecule has 0 bridgehead atoms. The van der Waals surface area contributed by atoms with Gasteiger partial charge >= 0.3 is 0 Å². The van der Waals surface area contributed by atoms with Gasteiger partial charge in [-0.1, -0.05) is 78.9 Å². The van der Waals surface area contributed by atoms with Crippen LogP contribution in [0.3, 0.4) is 0 Å². The van der Waals surface area contributed by atoms with E-state index in [9.17, 15) is 4.79 Å². The fourth-order valence-corrected chi connectivity index (χ4v) is 3.46. The van der Waals surface area contributed by atoms with Crippen LogP contribution in [0.4, 0.5) is 0 Å². The van der Waals surface area contributed by atoms with Crippen molar-refractivity contribution in [3.63, 3.8) is 0 Å². The lowest BCUT2D eigenvalue weighted by atomic mass is 10.1. The minimum atomic E-state index is -0.117. The van der Waals surface area contributed by atoms with Crippen molar-refractivity contribution < 1.29 is 4.79 Å². The summed E-state index contributed by atoms with van der Waals surface area (Å²) in [5, 5.41) is 7.87. The third-order valence-corrected chi connectivity index (χ3v) is 5.10. The highest BCUT2D eigenvalue weighted by atomic mass is 16.2. The lowest BCUT2D eigenvalue weighted by Gasteiger charge is -2.14. The molecule has 4 heteroatoms. The van der Waals surface area contributed by atoms with Crippen LogP contribution in [0.2, 0.25) is 0 Å². The first-order valence-corrected chi connectivity index (χ1v) is 10.3. The molecule has 0 unspecified atom stereocenters. The zero-order chi connectivity index (χ0) is 20.8. The predicted octanol–water partition coefficient (Wildman–Crippen LogP) is 5.29. The molecule has 0 saturated carbocycles. The minimum absolute atomic E-state index is 0.0528. The maximum absolute atomic E-state index is 13.1. The Kier molecular flexibility index (Phi) is 6.04. The normalized spacial score (nSPS) is 11.8. The SMILES string of the molecule is C[C@H](CCc1ccccc1)NC(=O)c1cc(-c2ccccc2)nn1-c1ccccc1. The number of aryl methyl sites for hydroxylation is 1. The van der Waals surface area contributed by atoms with Gasteiger partial charge in [0.2, 0.25) is 0 Å². The van der Waals surface area contributed by atoms with Crippen molar-refractivity contribution in [1.29, 1.82) is 0 Å². The molecule has 0 radical (unpaired) electrons. The van der Waals surface area contributed by atoms with E-state index in [-0.39, 0.29) is 11.9 Å². The van der Waals surface area contributed by atoms with E-state index in [0.717, 1.165) is 29.8 Å². The van der Waals surface area contributed by atoms with Crippen LogP contribution in [0, 0.1) is 0 Å². The van der Waals surface area contributed by atoms with E-state index in [2.05, 4.69) is 17.4 Å². The maximum atomic E-state index is 13.1. The van der Waals surface area contributed by atoms with E-state index >= 15 is 0 Å². The number of nitrogens with one attached hydrogen (secondary N) is 1. The summed E-state index contributed by atoms with van der Waals surface area (Å²) in [5.74, 6) is -0.117. The number of benzene rings is 3. The molecule has 1 heterocycles. The first kappa shape index (κ1) is 19.6. The average Bonchev–Trinajstić information content (AvgIpc) is 3.25. The van der Waals surface area contributed by atoms with E-state index in [1.165, 1.54) is 5.56 Å². The molecule has 1 amide bonds. The highest BCUT2D eigenvalue weighted by molar-refractivity contribution is 5.94. The second-order valence-electron chi connectivity index (χ2n) is 7.43. The number of rotatable bonds is 7. The summed E-state index contributed by atoms with van der Waals surface area (Å²) in [5.41, 5.74) is 4.44. The Morgan fingerprint density at radius 1 is 0.900 bits per heavy atom. The number of carbonyl (C=O) groups is 1. The Morgan fingerprint density at radius 3 is 2.17 bits per heavy atom. The predicted molar refractivity (Wildman–Crippen MR) is 121 cm³/mol. The molecule has 0 saturated heterocycles. The summed E-state index contributed by atoms with van der Waals surface area (Å²) in [7, 11) is 0. The van der Waals surface area contributed by atoms with Crippen LogP contribution >= 0.6 is 0 Å². The van der Waals surface area contributed by atoms with Crippen LogP contribution in [-0.2, 0) is 6.42 Å². The van der Waals surface area contributed by atoms with Gasteiger partial charge in [0, 0.05) is 11.6 Å². The zero-order valence-corrected chi connectivity index (χ0v) is 17.0. The smallest absolute Gasteiger partial charge is 0.270 e. The van der Waals surface area contributed by atoms with Crippen LogP contribution in [-0.4, -0.2) is 21.7 Å². The summed E-state index contributed by atoms with van der Waals surface area (Å²) in [4.78, 5) is 13.1. The Labute approximate surface area is 177 Å². The van der Waals surface area contributed by atoms with Gasteiger partial charge in [-0.2, -0.15) is 5.10 Å². The van der Waals surface area contributed by atoms with Gasteiger partial charge in [0.05, 0.1) is 11.4 Å². The molecule has 1 atom stereocenters. The molecule has 1 N–H and O–H groups in total. The third-order valence-electron chi connectivity index (χ3n) is 5.10. The van der Waals surface area contributed by atoms with E-state index in [1.54, 1.807) is 4.68 Å². The lowest BCUT2D eigenvalue weighted by Crippen LogP contribution is -2.34. The second kappa shape index (κ2) is 9.23.